The monoisotopic (exact) mass is 347 g/mol. The van der Waals surface area contributed by atoms with Gasteiger partial charge in [0.1, 0.15) is 4.90 Å². The topological polar surface area (TPSA) is 95.7 Å². The second-order valence-corrected chi connectivity index (χ2v) is 6.12. The quantitative estimate of drug-likeness (QED) is 0.346. The molecule has 2 aromatic rings. The summed E-state index contributed by atoms with van der Waals surface area (Å²) < 4.78 is 1.68. The Morgan fingerprint density at radius 3 is 2.50 bits per heavy atom. The van der Waals surface area contributed by atoms with Crippen molar-refractivity contribution in [3.05, 3.63) is 70.3 Å². The van der Waals surface area contributed by atoms with E-state index in [9.17, 15) is 14.9 Å². The zero-order chi connectivity index (χ0) is 17.5. The molecule has 0 aliphatic rings. The first-order chi connectivity index (χ1) is 11.5. The molecular weight excluding hydrogens is 330 g/mol. The van der Waals surface area contributed by atoms with Gasteiger partial charge in [-0.3, -0.25) is 20.1 Å². The number of rotatable bonds is 7. The molecule has 0 bridgehead atoms. The van der Waals surface area contributed by atoms with Gasteiger partial charge in [-0.05, 0) is 30.5 Å². The molecule has 0 radical (unpaired) electrons. The highest BCUT2D eigenvalue weighted by molar-refractivity contribution is 7.97. The van der Waals surface area contributed by atoms with Crippen molar-refractivity contribution in [2.75, 3.05) is 0 Å². The van der Waals surface area contributed by atoms with Crippen LogP contribution >= 0.6 is 11.9 Å². The Balaban J connectivity index is 2.29. The second kappa shape index (κ2) is 8.44. The predicted octanol–water partition coefficient (Wildman–Crippen LogP) is 3.00. The van der Waals surface area contributed by atoms with Crippen LogP contribution in [0.1, 0.15) is 12.5 Å². The van der Waals surface area contributed by atoms with Gasteiger partial charge in [-0.25, -0.2) is 9.79 Å². The van der Waals surface area contributed by atoms with Crippen LogP contribution < -0.4 is 5.48 Å². The number of nitro benzene ring substituents is 1. The first kappa shape index (κ1) is 17.9. The number of benzene rings is 2. The highest BCUT2D eigenvalue weighted by Gasteiger charge is 2.25. The largest absolute Gasteiger partial charge is 0.289 e. The molecule has 7 nitrogen and oxygen atoms in total. The van der Waals surface area contributed by atoms with E-state index in [1.54, 1.807) is 34.9 Å². The number of amides is 1. The zero-order valence-electron chi connectivity index (χ0n) is 13.0. The Morgan fingerprint density at radius 1 is 1.25 bits per heavy atom. The number of nitrogens with one attached hydrogen (secondary N) is 1. The van der Waals surface area contributed by atoms with Gasteiger partial charge >= 0.3 is 0 Å². The fraction of sp³-hybridized carbons (Fsp3) is 0.188. The predicted molar refractivity (Wildman–Crippen MR) is 90.3 cm³/mol. The molecule has 2 N–H and O–H groups in total. The van der Waals surface area contributed by atoms with E-state index in [4.69, 9.17) is 5.21 Å². The lowest BCUT2D eigenvalue weighted by atomic mass is 10.2. The van der Waals surface area contributed by atoms with Gasteiger partial charge in [-0.15, -0.1) is 0 Å². The van der Waals surface area contributed by atoms with Gasteiger partial charge in [0.2, 0.25) is 0 Å². The second-order valence-electron chi connectivity index (χ2n) is 5.03. The Bertz CT molecular complexity index is 711. The summed E-state index contributed by atoms with van der Waals surface area (Å²) in [7, 11) is 0. The van der Waals surface area contributed by atoms with Crippen LogP contribution in [-0.2, 0) is 11.3 Å². The molecule has 1 amide bonds. The average Bonchev–Trinajstić information content (AvgIpc) is 2.61. The van der Waals surface area contributed by atoms with E-state index < -0.39 is 16.9 Å². The molecule has 126 valence electrons. The van der Waals surface area contributed by atoms with Gasteiger partial charge in [0.05, 0.1) is 11.0 Å². The molecule has 0 heterocycles. The molecule has 0 aromatic heterocycles. The maximum absolute atomic E-state index is 11.8. The highest BCUT2D eigenvalue weighted by atomic mass is 32.2. The van der Waals surface area contributed by atoms with Crippen molar-refractivity contribution in [3.63, 3.8) is 0 Å². The summed E-state index contributed by atoms with van der Waals surface area (Å²) in [6.45, 7) is 2.00. The molecule has 0 fully saturated rings. The SMILES string of the molecule is C[C@@H](C(=O)NO)N(Cc1ccccc1)Sc1ccccc1[N+](=O)[O-]. The van der Waals surface area contributed by atoms with Crippen LogP contribution in [0.25, 0.3) is 0 Å². The molecule has 0 saturated heterocycles. The third-order valence-corrected chi connectivity index (χ3v) is 4.60. The Labute approximate surface area is 143 Å². The summed E-state index contributed by atoms with van der Waals surface area (Å²) in [5, 5.41) is 20.1. The number of hydrogen-bond acceptors (Lipinski definition) is 6. The van der Waals surface area contributed by atoms with Gasteiger partial charge in [-0.2, -0.15) is 0 Å². The molecule has 0 aliphatic carbocycles. The van der Waals surface area contributed by atoms with Crippen molar-refractivity contribution in [1.29, 1.82) is 0 Å². The third kappa shape index (κ3) is 4.54. The summed E-state index contributed by atoms with van der Waals surface area (Å²) in [6.07, 6.45) is 0. The minimum absolute atomic E-state index is 0.0304. The smallest absolute Gasteiger partial charge is 0.284 e. The van der Waals surface area contributed by atoms with Crippen LogP contribution in [0.4, 0.5) is 5.69 Å². The van der Waals surface area contributed by atoms with E-state index in [1.807, 2.05) is 30.3 Å². The number of nitro groups is 1. The van der Waals surface area contributed by atoms with Crippen molar-refractivity contribution >= 4 is 23.5 Å². The molecule has 1 atom stereocenters. The number of nitrogens with zero attached hydrogens (tertiary/aromatic N) is 2. The molecule has 2 rings (SSSR count). The van der Waals surface area contributed by atoms with Crippen molar-refractivity contribution in [2.45, 2.75) is 24.4 Å². The van der Waals surface area contributed by atoms with Crippen LogP contribution in [0.5, 0.6) is 0 Å². The zero-order valence-corrected chi connectivity index (χ0v) is 13.8. The van der Waals surface area contributed by atoms with Crippen molar-refractivity contribution in [1.82, 2.24) is 9.79 Å². The number of hydrogen-bond donors (Lipinski definition) is 2. The molecule has 0 unspecified atom stereocenters. The minimum atomic E-state index is -0.694. The lowest BCUT2D eigenvalue weighted by Gasteiger charge is -2.26. The van der Waals surface area contributed by atoms with E-state index in [0.29, 0.717) is 11.4 Å². The van der Waals surface area contributed by atoms with Gasteiger partial charge in [0.25, 0.3) is 11.6 Å². The molecule has 2 aromatic carbocycles. The maximum atomic E-state index is 11.8. The lowest BCUT2D eigenvalue weighted by molar-refractivity contribution is -0.387. The van der Waals surface area contributed by atoms with Crippen molar-refractivity contribution in [2.24, 2.45) is 0 Å². The Morgan fingerprint density at radius 2 is 1.88 bits per heavy atom. The normalized spacial score (nSPS) is 12.0. The average molecular weight is 347 g/mol. The molecule has 0 spiro atoms. The Kier molecular flexibility index (Phi) is 6.30. The molecule has 0 saturated carbocycles. The molecular formula is C16H17N3O4S. The molecule has 0 aliphatic heterocycles. The number of hydroxylamine groups is 1. The highest BCUT2D eigenvalue weighted by Crippen LogP contribution is 2.33. The summed E-state index contributed by atoms with van der Waals surface area (Å²) in [5.41, 5.74) is 2.54. The minimum Gasteiger partial charge on any atom is -0.289 e. The van der Waals surface area contributed by atoms with E-state index in [2.05, 4.69) is 0 Å². The number of carbonyl (C=O) groups excluding carboxylic acids is 1. The van der Waals surface area contributed by atoms with E-state index in [1.165, 1.54) is 6.07 Å². The lowest BCUT2D eigenvalue weighted by Crippen LogP contribution is -2.40. The maximum Gasteiger partial charge on any atom is 0.284 e. The molecule has 24 heavy (non-hydrogen) atoms. The van der Waals surface area contributed by atoms with Crippen molar-refractivity contribution in [3.8, 4) is 0 Å². The van der Waals surface area contributed by atoms with Gasteiger partial charge in [0, 0.05) is 12.6 Å². The standard InChI is InChI=1S/C16H17N3O4S/c1-12(16(20)17-21)18(11-13-7-3-2-4-8-13)24-15-10-6-5-9-14(15)19(22)23/h2-10,12,21H,11H2,1H3,(H,17,20)/t12-/m0/s1. The molecule has 8 heteroatoms. The van der Waals surface area contributed by atoms with Crippen LogP contribution in [0.15, 0.2) is 59.5 Å². The van der Waals surface area contributed by atoms with E-state index in [-0.39, 0.29) is 5.69 Å². The first-order valence-corrected chi connectivity index (χ1v) is 7.96. The summed E-state index contributed by atoms with van der Waals surface area (Å²) in [4.78, 5) is 22.9. The number of para-hydroxylation sites is 1. The van der Waals surface area contributed by atoms with Crippen LogP contribution in [0.2, 0.25) is 0 Å². The summed E-state index contributed by atoms with van der Waals surface area (Å²) in [6, 6.07) is 15.1. The summed E-state index contributed by atoms with van der Waals surface area (Å²) >= 11 is 1.11. The van der Waals surface area contributed by atoms with E-state index in [0.717, 1.165) is 17.5 Å². The number of carbonyl (C=O) groups is 1. The van der Waals surface area contributed by atoms with Crippen LogP contribution in [0.3, 0.4) is 0 Å². The van der Waals surface area contributed by atoms with Crippen LogP contribution in [-0.4, -0.2) is 26.4 Å². The van der Waals surface area contributed by atoms with Gasteiger partial charge < -0.3 is 0 Å². The van der Waals surface area contributed by atoms with E-state index >= 15 is 0 Å². The van der Waals surface area contributed by atoms with Crippen LogP contribution in [0, 0.1) is 10.1 Å². The van der Waals surface area contributed by atoms with Gasteiger partial charge in [0.15, 0.2) is 0 Å². The fourth-order valence-electron chi connectivity index (χ4n) is 2.05. The first-order valence-electron chi connectivity index (χ1n) is 7.19. The Hall–Kier alpha value is -2.42. The summed E-state index contributed by atoms with van der Waals surface area (Å²) in [5.74, 6) is -0.586. The van der Waals surface area contributed by atoms with Gasteiger partial charge in [-0.1, -0.05) is 42.5 Å². The third-order valence-electron chi connectivity index (χ3n) is 3.38. The van der Waals surface area contributed by atoms with Crippen molar-refractivity contribution < 1.29 is 14.9 Å². The fourth-order valence-corrected chi connectivity index (χ4v) is 3.14.